The molecule has 21 heavy (non-hydrogen) atoms. The maximum absolute atomic E-state index is 11.7. The standard InChI is InChI=1S/C15H28N4O2/c1-5-21-14(20)15(2,16)8-6-7-10-18(3)12-13-17-9-11-19(13)4/h9,11H,5-8,10,12,16H2,1-4H3. The van der Waals surface area contributed by atoms with Crippen LogP contribution in [0.3, 0.4) is 0 Å². The van der Waals surface area contributed by atoms with Gasteiger partial charge in [0, 0.05) is 19.4 Å². The van der Waals surface area contributed by atoms with E-state index in [-0.39, 0.29) is 5.97 Å². The summed E-state index contributed by atoms with van der Waals surface area (Å²) in [7, 11) is 4.07. The van der Waals surface area contributed by atoms with Crippen molar-refractivity contribution in [3.05, 3.63) is 18.2 Å². The van der Waals surface area contributed by atoms with Gasteiger partial charge >= 0.3 is 5.97 Å². The third-order valence-corrected chi connectivity index (χ3v) is 3.56. The van der Waals surface area contributed by atoms with Crippen LogP contribution < -0.4 is 5.73 Å². The summed E-state index contributed by atoms with van der Waals surface area (Å²) in [5, 5.41) is 0. The van der Waals surface area contributed by atoms with Gasteiger partial charge in [0.2, 0.25) is 0 Å². The van der Waals surface area contributed by atoms with Crippen molar-refractivity contribution in [1.29, 1.82) is 0 Å². The van der Waals surface area contributed by atoms with Crippen LogP contribution >= 0.6 is 0 Å². The summed E-state index contributed by atoms with van der Waals surface area (Å²) >= 11 is 0. The van der Waals surface area contributed by atoms with Crippen molar-refractivity contribution >= 4 is 5.97 Å². The van der Waals surface area contributed by atoms with Crippen molar-refractivity contribution in [2.24, 2.45) is 12.8 Å². The third-order valence-electron chi connectivity index (χ3n) is 3.56. The minimum absolute atomic E-state index is 0.314. The zero-order valence-electron chi connectivity index (χ0n) is 13.6. The van der Waals surface area contributed by atoms with Gasteiger partial charge in [-0.05, 0) is 46.7 Å². The molecule has 120 valence electrons. The molecular weight excluding hydrogens is 268 g/mol. The van der Waals surface area contributed by atoms with Crippen molar-refractivity contribution in [3.63, 3.8) is 0 Å². The number of ether oxygens (including phenoxy) is 1. The van der Waals surface area contributed by atoms with Crippen molar-refractivity contribution < 1.29 is 9.53 Å². The Bertz CT molecular complexity index is 443. The van der Waals surface area contributed by atoms with Crippen LogP contribution in [-0.4, -0.2) is 46.2 Å². The van der Waals surface area contributed by atoms with Gasteiger partial charge in [0.25, 0.3) is 0 Å². The molecule has 0 amide bonds. The van der Waals surface area contributed by atoms with Crippen LogP contribution in [-0.2, 0) is 23.1 Å². The number of rotatable bonds is 9. The summed E-state index contributed by atoms with van der Waals surface area (Å²) < 4.78 is 7.00. The molecule has 1 heterocycles. The zero-order chi connectivity index (χ0) is 15.9. The summed E-state index contributed by atoms with van der Waals surface area (Å²) in [6.07, 6.45) is 6.29. The highest BCUT2D eigenvalue weighted by Gasteiger charge is 2.29. The number of carbonyl (C=O) groups excluding carboxylic acids is 1. The number of imidazole rings is 1. The number of carbonyl (C=O) groups is 1. The van der Waals surface area contributed by atoms with E-state index >= 15 is 0 Å². The zero-order valence-corrected chi connectivity index (χ0v) is 13.6. The van der Waals surface area contributed by atoms with E-state index in [9.17, 15) is 4.79 Å². The van der Waals surface area contributed by atoms with Crippen LogP contribution in [0.5, 0.6) is 0 Å². The lowest BCUT2D eigenvalue weighted by atomic mass is 9.96. The summed E-state index contributed by atoms with van der Waals surface area (Å²) in [6, 6.07) is 0. The maximum atomic E-state index is 11.7. The van der Waals surface area contributed by atoms with Crippen molar-refractivity contribution in [1.82, 2.24) is 14.5 Å². The van der Waals surface area contributed by atoms with E-state index in [2.05, 4.69) is 16.9 Å². The van der Waals surface area contributed by atoms with Gasteiger partial charge < -0.3 is 15.0 Å². The SMILES string of the molecule is CCOC(=O)C(C)(N)CCCCN(C)Cc1nccn1C. The largest absolute Gasteiger partial charge is 0.465 e. The first-order chi connectivity index (χ1) is 9.86. The number of aryl methyl sites for hydroxylation is 1. The van der Waals surface area contributed by atoms with Crippen molar-refractivity contribution in [2.75, 3.05) is 20.2 Å². The molecule has 0 bridgehead atoms. The Kier molecular flexibility index (Phi) is 6.84. The lowest BCUT2D eigenvalue weighted by molar-refractivity contribution is -0.149. The normalized spacial score (nSPS) is 14.2. The van der Waals surface area contributed by atoms with Crippen LogP contribution in [0.4, 0.5) is 0 Å². The molecule has 0 spiro atoms. The van der Waals surface area contributed by atoms with Crippen LogP contribution in [0.25, 0.3) is 0 Å². The van der Waals surface area contributed by atoms with Crippen LogP contribution in [0, 0.1) is 0 Å². The number of hydrogen-bond acceptors (Lipinski definition) is 5. The van der Waals surface area contributed by atoms with Crippen molar-refractivity contribution in [3.8, 4) is 0 Å². The predicted octanol–water partition coefficient (Wildman–Crippen LogP) is 1.30. The molecule has 0 saturated heterocycles. The number of hydrogen-bond donors (Lipinski definition) is 1. The smallest absolute Gasteiger partial charge is 0.325 e. The molecule has 6 heteroatoms. The lowest BCUT2D eigenvalue weighted by Gasteiger charge is -2.22. The van der Waals surface area contributed by atoms with Gasteiger partial charge in [-0.2, -0.15) is 0 Å². The highest BCUT2D eigenvalue weighted by molar-refractivity contribution is 5.79. The van der Waals surface area contributed by atoms with Gasteiger partial charge in [-0.25, -0.2) is 4.98 Å². The van der Waals surface area contributed by atoms with Gasteiger partial charge in [-0.15, -0.1) is 0 Å². The summed E-state index contributed by atoms with van der Waals surface area (Å²) in [5.74, 6) is 0.735. The minimum atomic E-state index is -0.881. The first kappa shape index (κ1) is 17.7. The van der Waals surface area contributed by atoms with E-state index < -0.39 is 5.54 Å². The predicted molar refractivity (Wildman–Crippen MR) is 82.6 cm³/mol. The molecule has 0 aliphatic heterocycles. The van der Waals surface area contributed by atoms with Crippen molar-refractivity contribution in [2.45, 2.75) is 45.2 Å². The van der Waals surface area contributed by atoms with Gasteiger partial charge in [-0.1, -0.05) is 0 Å². The third kappa shape index (κ3) is 5.85. The summed E-state index contributed by atoms with van der Waals surface area (Å²) in [4.78, 5) is 18.2. The summed E-state index contributed by atoms with van der Waals surface area (Å²) in [6.45, 7) is 5.67. The fraction of sp³-hybridized carbons (Fsp3) is 0.733. The molecule has 1 atom stereocenters. The van der Waals surface area contributed by atoms with E-state index in [1.165, 1.54) is 0 Å². The highest BCUT2D eigenvalue weighted by Crippen LogP contribution is 2.13. The molecule has 6 nitrogen and oxygen atoms in total. The molecule has 0 aromatic carbocycles. The van der Waals surface area contributed by atoms with Gasteiger partial charge in [0.1, 0.15) is 11.4 Å². The Balaban J connectivity index is 2.24. The average molecular weight is 296 g/mol. The fourth-order valence-electron chi connectivity index (χ4n) is 2.14. The first-order valence-corrected chi connectivity index (χ1v) is 7.47. The molecule has 1 unspecified atom stereocenters. The number of unbranched alkanes of at least 4 members (excludes halogenated alkanes) is 1. The molecule has 0 radical (unpaired) electrons. The van der Waals surface area contributed by atoms with Gasteiger partial charge in [0.05, 0.1) is 13.2 Å². The Morgan fingerprint density at radius 1 is 1.52 bits per heavy atom. The molecule has 0 saturated carbocycles. The molecule has 1 aromatic rings. The number of aromatic nitrogens is 2. The quantitative estimate of drug-likeness (QED) is 0.549. The number of nitrogens with two attached hydrogens (primary N) is 1. The first-order valence-electron chi connectivity index (χ1n) is 7.47. The minimum Gasteiger partial charge on any atom is -0.465 e. The van der Waals surface area contributed by atoms with Crippen LogP contribution in [0.1, 0.15) is 38.9 Å². The molecule has 2 N–H and O–H groups in total. The second kappa shape index (κ2) is 8.14. The van der Waals surface area contributed by atoms with E-state index in [0.717, 1.165) is 31.8 Å². The van der Waals surface area contributed by atoms with Gasteiger partial charge in [0.15, 0.2) is 0 Å². The monoisotopic (exact) mass is 296 g/mol. The van der Waals surface area contributed by atoms with E-state index in [1.807, 2.05) is 24.0 Å². The van der Waals surface area contributed by atoms with E-state index in [4.69, 9.17) is 10.5 Å². The molecule has 1 aromatic heterocycles. The van der Waals surface area contributed by atoms with Crippen LogP contribution in [0.15, 0.2) is 12.4 Å². The molecule has 0 fully saturated rings. The molecule has 0 aliphatic carbocycles. The number of nitrogens with zero attached hydrogens (tertiary/aromatic N) is 3. The fourth-order valence-corrected chi connectivity index (χ4v) is 2.14. The Morgan fingerprint density at radius 2 is 2.24 bits per heavy atom. The second-order valence-corrected chi connectivity index (χ2v) is 5.79. The van der Waals surface area contributed by atoms with E-state index in [0.29, 0.717) is 13.0 Å². The molecule has 1 rings (SSSR count). The van der Waals surface area contributed by atoms with Crippen LogP contribution in [0.2, 0.25) is 0 Å². The second-order valence-electron chi connectivity index (χ2n) is 5.79. The highest BCUT2D eigenvalue weighted by atomic mass is 16.5. The molecule has 0 aliphatic rings. The Labute approximate surface area is 127 Å². The van der Waals surface area contributed by atoms with Gasteiger partial charge in [-0.3, -0.25) is 9.69 Å². The van der Waals surface area contributed by atoms with E-state index in [1.54, 1.807) is 13.8 Å². The average Bonchev–Trinajstić information content (AvgIpc) is 2.80. The Hall–Kier alpha value is -1.40. The molecular formula is C15H28N4O2. The lowest BCUT2D eigenvalue weighted by Crippen LogP contribution is -2.46. The Morgan fingerprint density at radius 3 is 2.81 bits per heavy atom. The maximum Gasteiger partial charge on any atom is 0.325 e. The summed E-state index contributed by atoms with van der Waals surface area (Å²) in [5.41, 5.74) is 5.11. The topological polar surface area (TPSA) is 73.4 Å². The number of esters is 1.